The molecule has 1 amide bonds. The van der Waals surface area contributed by atoms with Gasteiger partial charge in [-0.2, -0.15) is 5.26 Å². The van der Waals surface area contributed by atoms with Gasteiger partial charge in [0.2, 0.25) is 0 Å². The lowest BCUT2D eigenvalue weighted by atomic mass is 10.1. The summed E-state index contributed by atoms with van der Waals surface area (Å²) in [4.78, 5) is 14.9. The molecule has 0 aliphatic carbocycles. The van der Waals surface area contributed by atoms with Crippen molar-refractivity contribution in [1.82, 2.24) is 0 Å². The zero-order valence-corrected chi connectivity index (χ0v) is 17.6. The first kappa shape index (κ1) is 21.8. The van der Waals surface area contributed by atoms with Crippen LogP contribution in [0.4, 0.5) is 11.4 Å². The van der Waals surface area contributed by atoms with Gasteiger partial charge in [-0.3, -0.25) is 4.79 Å². The van der Waals surface area contributed by atoms with Gasteiger partial charge in [0.1, 0.15) is 11.6 Å². The molecule has 2 aromatic rings. The van der Waals surface area contributed by atoms with E-state index in [0.29, 0.717) is 42.6 Å². The number of carbonyl (C=O) groups excluding carboxylic acids is 1. The molecular weight excluding hydrogens is 429 g/mol. The summed E-state index contributed by atoms with van der Waals surface area (Å²) in [6, 6.07) is 10.0. The summed E-state index contributed by atoms with van der Waals surface area (Å²) in [6.07, 6.45) is 1.36. The number of nitrogens with zero attached hydrogens (tertiary/aromatic N) is 2. The molecule has 3 rings (SSSR count). The van der Waals surface area contributed by atoms with Gasteiger partial charge < -0.3 is 24.8 Å². The molecule has 156 valence electrons. The van der Waals surface area contributed by atoms with Crippen molar-refractivity contribution in [2.45, 2.75) is 0 Å². The second-order valence-corrected chi connectivity index (χ2v) is 7.28. The maximum absolute atomic E-state index is 12.8. The van der Waals surface area contributed by atoms with E-state index in [2.05, 4.69) is 10.2 Å². The van der Waals surface area contributed by atoms with Gasteiger partial charge in [0, 0.05) is 18.1 Å². The monoisotopic (exact) mass is 447 g/mol. The average molecular weight is 448 g/mol. The number of hydrogen-bond donors (Lipinski definition) is 2. The molecule has 0 bridgehead atoms. The molecule has 2 aromatic carbocycles. The van der Waals surface area contributed by atoms with Crippen molar-refractivity contribution in [3.05, 3.63) is 51.5 Å². The number of nitriles is 1. The number of halogens is 2. The summed E-state index contributed by atoms with van der Waals surface area (Å²) < 4.78 is 10.4. The van der Waals surface area contributed by atoms with Crippen molar-refractivity contribution in [1.29, 1.82) is 5.26 Å². The third-order valence-corrected chi connectivity index (χ3v) is 5.03. The third-order valence-electron chi connectivity index (χ3n) is 4.51. The Kier molecular flexibility index (Phi) is 7.06. The highest BCUT2D eigenvalue weighted by Gasteiger charge is 2.18. The first-order valence-corrected chi connectivity index (χ1v) is 9.80. The van der Waals surface area contributed by atoms with Gasteiger partial charge in [-0.25, -0.2) is 0 Å². The Morgan fingerprint density at radius 3 is 2.70 bits per heavy atom. The average Bonchev–Trinajstić information content (AvgIpc) is 2.75. The van der Waals surface area contributed by atoms with Crippen LogP contribution in [0.25, 0.3) is 6.08 Å². The maximum Gasteiger partial charge on any atom is 0.266 e. The van der Waals surface area contributed by atoms with E-state index in [0.717, 1.165) is 5.69 Å². The summed E-state index contributed by atoms with van der Waals surface area (Å²) in [5, 5.41) is 22.6. The van der Waals surface area contributed by atoms with E-state index in [1.165, 1.54) is 25.3 Å². The standard InChI is InChI=1S/C21H19Cl2N3O4/c1-29-19-10-13(9-16(23)20(19)27)8-14(12-24)21(28)25-17-11-15(22)2-3-18(17)26-4-6-30-7-5-26/h2-3,8-11,27H,4-7H2,1H3,(H,25,28)/b14-8+. The fourth-order valence-corrected chi connectivity index (χ4v) is 3.42. The molecule has 0 saturated carbocycles. The van der Waals surface area contributed by atoms with Crippen LogP contribution < -0.4 is 15.0 Å². The zero-order chi connectivity index (χ0) is 21.7. The number of phenols is 1. The number of ether oxygens (including phenoxy) is 2. The molecule has 1 heterocycles. The minimum Gasteiger partial charge on any atom is -0.503 e. The second-order valence-electron chi connectivity index (χ2n) is 6.44. The maximum atomic E-state index is 12.8. The lowest BCUT2D eigenvalue weighted by Crippen LogP contribution is -2.36. The first-order chi connectivity index (χ1) is 14.4. The molecule has 1 aliphatic rings. The second kappa shape index (κ2) is 9.72. The van der Waals surface area contributed by atoms with Crippen LogP contribution in [-0.2, 0) is 9.53 Å². The number of methoxy groups -OCH3 is 1. The van der Waals surface area contributed by atoms with Crippen LogP contribution in [0, 0.1) is 11.3 Å². The Bertz CT molecular complexity index is 1030. The Morgan fingerprint density at radius 1 is 1.30 bits per heavy atom. The highest BCUT2D eigenvalue weighted by atomic mass is 35.5. The third kappa shape index (κ3) is 4.97. The van der Waals surface area contributed by atoms with E-state index in [9.17, 15) is 15.2 Å². The number of amides is 1. The van der Waals surface area contributed by atoms with Gasteiger partial charge in [0.15, 0.2) is 11.5 Å². The van der Waals surface area contributed by atoms with Crippen LogP contribution in [0.1, 0.15) is 5.56 Å². The molecule has 1 saturated heterocycles. The number of carbonyl (C=O) groups is 1. The largest absolute Gasteiger partial charge is 0.503 e. The van der Waals surface area contributed by atoms with E-state index < -0.39 is 5.91 Å². The van der Waals surface area contributed by atoms with Gasteiger partial charge in [-0.15, -0.1) is 0 Å². The van der Waals surface area contributed by atoms with Crippen LogP contribution in [0.3, 0.4) is 0 Å². The summed E-state index contributed by atoms with van der Waals surface area (Å²) in [7, 11) is 1.38. The number of phenolic OH excluding ortho intramolecular Hbond substituents is 1. The van der Waals surface area contributed by atoms with Crippen molar-refractivity contribution in [3.63, 3.8) is 0 Å². The predicted molar refractivity (Wildman–Crippen MR) is 116 cm³/mol. The molecule has 1 fully saturated rings. The lowest BCUT2D eigenvalue weighted by Gasteiger charge is -2.30. The summed E-state index contributed by atoms with van der Waals surface area (Å²) in [6.45, 7) is 2.53. The molecule has 0 spiro atoms. The van der Waals surface area contributed by atoms with Gasteiger partial charge in [0.05, 0.1) is 36.7 Å². The number of benzene rings is 2. The van der Waals surface area contributed by atoms with E-state index in [1.807, 2.05) is 12.1 Å². The van der Waals surface area contributed by atoms with E-state index in [4.69, 9.17) is 32.7 Å². The van der Waals surface area contributed by atoms with Gasteiger partial charge in [-0.1, -0.05) is 23.2 Å². The molecule has 9 heteroatoms. The van der Waals surface area contributed by atoms with E-state index >= 15 is 0 Å². The van der Waals surface area contributed by atoms with Crippen molar-refractivity contribution in [2.24, 2.45) is 0 Å². The Morgan fingerprint density at radius 2 is 2.03 bits per heavy atom. The van der Waals surface area contributed by atoms with Crippen LogP contribution >= 0.6 is 23.2 Å². The molecular formula is C21H19Cl2N3O4. The van der Waals surface area contributed by atoms with Crippen molar-refractivity contribution >= 4 is 46.6 Å². The van der Waals surface area contributed by atoms with Crippen molar-refractivity contribution in [3.8, 4) is 17.6 Å². The van der Waals surface area contributed by atoms with Crippen LogP contribution in [-0.4, -0.2) is 44.4 Å². The molecule has 30 heavy (non-hydrogen) atoms. The Hall–Kier alpha value is -2.92. The molecule has 0 atom stereocenters. The molecule has 0 radical (unpaired) electrons. The number of nitrogens with one attached hydrogen (secondary N) is 1. The number of aromatic hydroxyl groups is 1. The van der Waals surface area contributed by atoms with Gasteiger partial charge in [-0.05, 0) is 42.0 Å². The van der Waals surface area contributed by atoms with E-state index in [1.54, 1.807) is 12.1 Å². The van der Waals surface area contributed by atoms with Crippen LogP contribution in [0.2, 0.25) is 10.0 Å². The topological polar surface area (TPSA) is 94.8 Å². The van der Waals surface area contributed by atoms with E-state index in [-0.39, 0.29) is 22.1 Å². The summed E-state index contributed by atoms with van der Waals surface area (Å²) >= 11 is 12.1. The Labute approximate surface area is 184 Å². The summed E-state index contributed by atoms with van der Waals surface area (Å²) in [5.41, 5.74) is 1.58. The summed E-state index contributed by atoms with van der Waals surface area (Å²) in [5.74, 6) is -0.679. The number of hydrogen-bond acceptors (Lipinski definition) is 6. The highest BCUT2D eigenvalue weighted by molar-refractivity contribution is 6.32. The number of rotatable bonds is 5. The first-order valence-electron chi connectivity index (χ1n) is 9.05. The highest BCUT2D eigenvalue weighted by Crippen LogP contribution is 2.36. The quantitative estimate of drug-likeness (QED) is 0.529. The van der Waals surface area contributed by atoms with Crippen molar-refractivity contribution in [2.75, 3.05) is 43.6 Å². The minimum absolute atomic E-state index is 0.0442. The molecule has 2 N–H and O–H groups in total. The molecule has 7 nitrogen and oxygen atoms in total. The fourth-order valence-electron chi connectivity index (χ4n) is 3.03. The smallest absolute Gasteiger partial charge is 0.266 e. The molecule has 1 aliphatic heterocycles. The van der Waals surface area contributed by atoms with Crippen LogP contribution in [0.15, 0.2) is 35.9 Å². The van der Waals surface area contributed by atoms with Gasteiger partial charge >= 0.3 is 0 Å². The Balaban J connectivity index is 1.89. The van der Waals surface area contributed by atoms with Crippen molar-refractivity contribution < 1.29 is 19.4 Å². The normalized spacial score (nSPS) is 14.2. The lowest BCUT2D eigenvalue weighted by molar-refractivity contribution is -0.112. The molecule has 0 aromatic heterocycles. The fraction of sp³-hybridized carbons (Fsp3) is 0.238. The van der Waals surface area contributed by atoms with Crippen LogP contribution in [0.5, 0.6) is 11.5 Å². The zero-order valence-electron chi connectivity index (χ0n) is 16.1. The number of morpholine rings is 1. The minimum atomic E-state index is -0.600. The predicted octanol–water partition coefficient (Wildman–Crippen LogP) is 4.09. The van der Waals surface area contributed by atoms with Gasteiger partial charge in [0.25, 0.3) is 5.91 Å². The SMILES string of the molecule is COc1cc(/C=C(\C#N)C(=O)Nc2cc(Cl)ccc2N2CCOCC2)cc(Cl)c1O. The molecule has 0 unspecified atom stereocenters. The number of anilines is 2.